The van der Waals surface area contributed by atoms with Gasteiger partial charge in [0.2, 0.25) is 0 Å². The van der Waals surface area contributed by atoms with Crippen molar-refractivity contribution >= 4 is 0 Å². The molecule has 0 heterocycles. The summed E-state index contributed by atoms with van der Waals surface area (Å²) in [7, 11) is 0. The average Bonchev–Trinajstić information content (AvgIpc) is 2.39. The van der Waals surface area contributed by atoms with Gasteiger partial charge in [0, 0.05) is 0 Å². The Labute approximate surface area is 130 Å². The van der Waals surface area contributed by atoms with Crippen molar-refractivity contribution in [3.05, 3.63) is 6.92 Å². The first-order valence-corrected chi connectivity index (χ1v) is 9.49. The highest BCUT2D eigenvalue weighted by Crippen LogP contribution is 2.18. The van der Waals surface area contributed by atoms with Crippen LogP contribution in [-0.4, -0.2) is 0 Å². The molecule has 1 radical (unpaired) electrons. The van der Waals surface area contributed by atoms with Crippen molar-refractivity contribution in [1.82, 2.24) is 0 Å². The average molecular weight is 282 g/mol. The van der Waals surface area contributed by atoms with Crippen molar-refractivity contribution < 1.29 is 0 Å². The molecule has 0 saturated carbocycles. The van der Waals surface area contributed by atoms with Crippen molar-refractivity contribution in [3.63, 3.8) is 0 Å². The third-order valence-electron chi connectivity index (χ3n) is 4.36. The Morgan fingerprint density at radius 3 is 1.45 bits per heavy atom. The lowest BCUT2D eigenvalue weighted by Gasteiger charge is -2.13. The summed E-state index contributed by atoms with van der Waals surface area (Å²) in [6.07, 6.45) is 20.2. The maximum Gasteiger partial charge on any atom is -0.0440 e. The van der Waals surface area contributed by atoms with E-state index in [2.05, 4.69) is 27.7 Å². The second-order valence-electron chi connectivity index (χ2n) is 7.12. The molecule has 0 aliphatic heterocycles. The Morgan fingerprint density at radius 2 is 1.05 bits per heavy atom. The second-order valence-corrected chi connectivity index (χ2v) is 7.12. The van der Waals surface area contributed by atoms with E-state index < -0.39 is 0 Å². The quantitative estimate of drug-likeness (QED) is 0.271. The molecule has 121 valence electrons. The topological polar surface area (TPSA) is 0 Å². The number of hydrogen-bond acceptors (Lipinski definition) is 0. The lowest BCUT2D eigenvalue weighted by Crippen LogP contribution is -2.00. The molecule has 0 bridgehead atoms. The van der Waals surface area contributed by atoms with E-state index in [-0.39, 0.29) is 0 Å². The van der Waals surface area contributed by atoms with Crippen LogP contribution < -0.4 is 0 Å². The Hall–Kier alpha value is 0. The number of rotatable bonds is 15. The zero-order valence-electron chi connectivity index (χ0n) is 14.8. The monoisotopic (exact) mass is 281 g/mol. The molecule has 0 heteroatoms. The summed E-state index contributed by atoms with van der Waals surface area (Å²) in [6, 6.07) is 0. The second kappa shape index (κ2) is 15.4. The van der Waals surface area contributed by atoms with E-state index in [1.165, 1.54) is 89.9 Å². The van der Waals surface area contributed by atoms with Crippen molar-refractivity contribution in [3.8, 4) is 0 Å². The molecule has 0 aromatic rings. The molecule has 0 N–H and O–H groups in total. The van der Waals surface area contributed by atoms with Gasteiger partial charge >= 0.3 is 0 Å². The van der Waals surface area contributed by atoms with Crippen molar-refractivity contribution in [2.45, 2.75) is 111 Å². The fourth-order valence-corrected chi connectivity index (χ4v) is 3.14. The summed E-state index contributed by atoms with van der Waals surface area (Å²) in [5.74, 6) is 1.51. The molecule has 0 spiro atoms. The summed E-state index contributed by atoms with van der Waals surface area (Å²) in [5, 5.41) is 0. The van der Waals surface area contributed by atoms with E-state index in [1.54, 1.807) is 0 Å². The largest absolute Gasteiger partial charge is 0.0654 e. The molecule has 2 atom stereocenters. The van der Waals surface area contributed by atoms with Crippen LogP contribution in [0.5, 0.6) is 0 Å². The van der Waals surface area contributed by atoms with Crippen molar-refractivity contribution in [1.29, 1.82) is 0 Å². The lowest BCUT2D eigenvalue weighted by molar-refractivity contribution is 0.414. The maximum atomic E-state index is 4.09. The van der Waals surface area contributed by atoms with Crippen LogP contribution in [0.2, 0.25) is 0 Å². The fourth-order valence-electron chi connectivity index (χ4n) is 3.14. The molecule has 0 aliphatic carbocycles. The molecule has 2 unspecified atom stereocenters. The standard InChI is InChI=1S/C20H41/c1-5-6-7-8-9-10-11-12-13-14-15-16-17-20(4)18-19(2)3/h19-20H,2,5-18H2,1,3-4H3. The molecule has 0 amide bonds. The van der Waals surface area contributed by atoms with Gasteiger partial charge in [-0.2, -0.15) is 0 Å². The van der Waals surface area contributed by atoms with E-state index in [1.807, 2.05) is 0 Å². The lowest BCUT2D eigenvalue weighted by atomic mass is 9.93. The first-order chi connectivity index (χ1) is 9.66. The summed E-state index contributed by atoms with van der Waals surface area (Å²) in [5.41, 5.74) is 0. The van der Waals surface area contributed by atoms with Crippen LogP contribution in [0.15, 0.2) is 0 Å². The van der Waals surface area contributed by atoms with Gasteiger partial charge in [-0.25, -0.2) is 0 Å². The van der Waals surface area contributed by atoms with Crippen LogP contribution in [0.3, 0.4) is 0 Å². The first kappa shape index (κ1) is 20.0. The summed E-state index contributed by atoms with van der Waals surface area (Å²) in [4.78, 5) is 0. The van der Waals surface area contributed by atoms with Gasteiger partial charge in [0.05, 0.1) is 0 Å². The summed E-state index contributed by atoms with van der Waals surface area (Å²) >= 11 is 0. The van der Waals surface area contributed by atoms with E-state index in [4.69, 9.17) is 0 Å². The number of hydrogen-bond donors (Lipinski definition) is 0. The minimum atomic E-state index is 0.627. The SMILES string of the molecule is [CH2]C(C)CC(C)CCCCCCCCCCCCCC. The van der Waals surface area contributed by atoms with E-state index in [0.717, 1.165) is 5.92 Å². The smallest absolute Gasteiger partial charge is 0.0440 e. The third-order valence-corrected chi connectivity index (χ3v) is 4.36. The van der Waals surface area contributed by atoms with Gasteiger partial charge in [-0.1, -0.05) is 111 Å². The van der Waals surface area contributed by atoms with Gasteiger partial charge in [-0.15, -0.1) is 0 Å². The fraction of sp³-hybridized carbons (Fsp3) is 0.950. The highest BCUT2D eigenvalue weighted by molar-refractivity contribution is 4.61. The third kappa shape index (κ3) is 16.1. The van der Waals surface area contributed by atoms with Gasteiger partial charge in [-0.3, -0.25) is 0 Å². The van der Waals surface area contributed by atoms with Gasteiger partial charge in [0.1, 0.15) is 0 Å². The van der Waals surface area contributed by atoms with Gasteiger partial charge in [0.15, 0.2) is 0 Å². The van der Waals surface area contributed by atoms with Crippen LogP contribution in [0.25, 0.3) is 0 Å². The predicted octanol–water partition coefficient (Wildman–Crippen LogP) is 7.57. The Bertz CT molecular complexity index is 171. The summed E-state index contributed by atoms with van der Waals surface area (Å²) in [6.45, 7) is 11.0. The molecule has 0 aliphatic rings. The van der Waals surface area contributed by atoms with Crippen molar-refractivity contribution in [2.24, 2.45) is 11.8 Å². The summed E-state index contributed by atoms with van der Waals surface area (Å²) < 4.78 is 0. The molecule has 0 aromatic heterocycles. The molecule has 0 nitrogen and oxygen atoms in total. The van der Waals surface area contributed by atoms with Crippen molar-refractivity contribution in [2.75, 3.05) is 0 Å². The Balaban J connectivity index is 3.06. The van der Waals surface area contributed by atoms with Crippen LogP contribution >= 0.6 is 0 Å². The molecular formula is C20H41. The van der Waals surface area contributed by atoms with Gasteiger partial charge < -0.3 is 0 Å². The molecule has 0 aromatic carbocycles. The Kier molecular flexibility index (Phi) is 15.4. The highest BCUT2D eigenvalue weighted by Gasteiger charge is 2.04. The maximum absolute atomic E-state index is 4.09. The van der Waals surface area contributed by atoms with E-state index in [9.17, 15) is 0 Å². The van der Waals surface area contributed by atoms with Crippen LogP contribution in [0.1, 0.15) is 111 Å². The molecule has 0 saturated heterocycles. The normalized spacial score (nSPS) is 13.1. The van der Waals surface area contributed by atoms with Crippen LogP contribution in [0.4, 0.5) is 0 Å². The minimum Gasteiger partial charge on any atom is -0.0654 e. The van der Waals surface area contributed by atoms with Gasteiger partial charge in [0.25, 0.3) is 0 Å². The molecular weight excluding hydrogens is 240 g/mol. The van der Waals surface area contributed by atoms with Gasteiger partial charge in [-0.05, 0) is 18.3 Å². The Morgan fingerprint density at radius 1 is 0.650 bits per heavy atom. The van der Waals surface area contributed by atoms with E-state index in [0.29, 0.717) is 5.92 Å². The molecule has 0 rings (SSSR count). The first-order valence-electron chi connectivity index (χ1n) is 9.49. The molecule has 20 heavy (non-hydrogen) atoms. The zero-order chi connectivity index (χ0) is 15.1. The predicted molar refractivity (Wildman–Crippen MR) is 94.0 cm³/mol. The number of unbranched alkanes of at least 4 members (excludes halogenated alkanes) is 11. The minimum absolute atomic E-state index is 0.627. The van der Waals surface area contributed by atoms with Crippen LogP contribution in [-0.2, 0) is 0 Å². The highest BCUT2D eigenvalue weighted by atomic mass is 14.1. The molecule has 0 fully saturated rings. The zero-order valence-corrected chi connectivity index (χ0v) is 14.8. The van der Waals surface area contributed by atoms with Crippen LogP contribution in [0, 0.1) is 18.8 Å². The van der Waals surface area contributed by atoms with E-state index >= 15 is 0 Å².